The highest BCUT2D eigenvalue weighted by molar-refractivity contribution is 7.71. The predicted octanol–water partition coefficient (Wildman–Crippen LogP) is 2.90. The Hall–Kier alpha value is -1.52. The number of hydrogen-bond acceptors (Lipinski definition) is 3. The van der Waals surface area contributed by atoms with E-state index in [0.29, 0.717) is 17.2 Å². The van der Waals surface area contributed by atoms with Gasteiger partial charge in [0.1, 0.15) is 10.5 Å². The van der Waals surface area contributed by atoms with Gasteiger partial charge in [0.15, 0.2) is 0 Å². The van der Waals surface area contributed by atoms with E-state index >= 15 is 0 Å². The highest BCUT2D eigenvalue weighted by Gasteiger charge is 2.29. The number of aromatic nitrogens is 2. The number of nitrogens with one attached hydrogen (secondary N) is 1. The fourth-order valence-corrected chi connectivity index (χ4v) is 3.22. The van der Waals surface area contributed by atoms with Gasteiger partial charge in [0.25, 0.3) is 0 Å². The number of aromatic amines is 1. The Kier molecular flexibility index (Phi) is 2.53. The Labute approximate surface area is 116 Å². The third kappa shape index (κ3) is 1.75. The van der Waals surface area contributed by atoms with Crippen molar-refractivity contribution in [3.63, 3.8) is 0 Å². The minimum Gasteiger partial charge on any atom is -0.376 e. The monoisotopic (exact) mass is 270 g/mol. The van der Waals surface area contributed by atoms with E-state index in [0.717, 1.165) is 30.8 Å². The molecule has 0 bridgehead atoms. The van der Waals surface area contributed by atoms with Crippen LogP contribution in [0.15, 0.2) is 24.3 Å². The zero-order valence-corrected chi connectivity index (χ0v) is 11.3. The van der Waals surface area contributed by atoms with Gasteiger partial charge >= 0.3 is 0 Å². The molecule has 1 aromatic carbocycles. The summed E-state index contributed by atoms with van der Waals surface area (Å²) in [5.41, 5.74) is 5.09. The van der Waals surface area contributed by atoms with Gasteiger partial charge in [-0.25, -0.2) is 4.98 Å². The van der Waals surface area contributed by atoms with Gasteiger partial charge < -0.3 is 9.72 Å². The number of fused-ring (bicyclic) bond motifs is 2. The van der Waals surface area contributed by atoms with Crippen molar-refractivity contribution in [1.29, 1.82) is 0 Å². The van der Waals surface area contributed by atoms with Gasteiger partial charge in [-0.15, -0.1) is 0 Å². The first kappa shape index (κ1) is 11.3. The molecule has 1 aromatic heterocycles. The Morgan fingerprint density at radius 1 is 1.32 bits per heavy atom. The molecule has 1 unspecified atom stereocenters. The number of benzene rings is 1. The zero-order valence-electron chi connectivity index (χ0n) is 10.5. The molecule has 1 atom stereocenters. The lowest BCUT2D eigenvalue weighted by Gasteiger charge is -2.30. The molecule has 96 valence electrons. The number of H-pyrrole nitrogens is 1. The molecule has 2 heterocycles. The first-order valence-corrected chi connectivity index (χ1v) is 7.01. The third-order valence-electron chi connectivity index (χ3n) is 4.05. The topological polar surface area (TPSA) is 37.9 Å². The van der Waals surface area contributed by atoms with Crippen molar-refractivity contribution < 1.29 is 4.74 Å². The van der Waals surface area contributed by atoms with Gasteiger partial charge in [0, 0.05) is 23.6 Å². The minimum atomic E-state index is 0.381. The molecule has 0 amide bonds. The highest BCUT2D eigenvalue weighted by atomic mass is 32.1. The molecule has 2 aromatic rings. The van der Waals surface area contributed by atoms with Crippen LogP contribution in [0.2, 0.25) is 0 Å². The Balaban J connectivity index is 1.78. The zero-order chi connectivity index (χ0) is 12.8. The Morgan fingerprint density at radius 2 is 2.21 bits per heavy atom. The second-order valence-corrected chi connectivity index (χ2v) is 5.53. The molecular formula is C15H14N2OS. The summed E-state index contributed by atoms with van der Waals surface area (Å²) in [5.74, 6) is 1.40. The number of rotatable bonds is 1. The van der Waals surface area contributed by atoms with Gasteiger partial charge in [-0.2, -0.15) is 0 Å². The largest absolute Gasteiger partial charge is 0.376 e. The lowest BCUT2D eigenvalue weighted by molar-refractivity contribution is 0.108. The molecule has 4 heteroatoms. The number of ether oxygens (including phenoxy) is 1. The van der Waals surface area contributed by atoms with Crippen LogP contribution in [0.4, 0.5) is 0 Å². The molecule has 0 fully saturated rings. The molecule has 1 aliphatic carbocycles. The number of hydrogen-bond donors (Lipinski definition) is 1. The van der Waals surface area contributed by atoms with Crippen LogP contribution in [0.5, 0.6) is 0 Å². The van der Waals surface area contributed by atoms with Crippen molar-refractivity contribution in [3.05, 3.63) is 57.1 Å². The van der Waals surface area contributed by atoms with Gasteiger partial charge in [-0.3, -0.25) is 0 Å². The lowest BCUT2D eigenvalue weighted by atomic mass is 9.77. The summed E-state index contributed by atoms with van der Waals surface area (Å²) >= 11 is 5.41. The van der Waals surface area contributed by atoms with Crippen LogP contribution in [-0.4, -0.2) is 16.6 Å². The minimum absolute atomic E-state index is 0.381. The van der Waals surface area contributed by atoms with Crippen LogP contribution in [0.3, 0.4) is 0 Å². The summed E-state index contributed by atoms with van der Waals surface area (Å²) in [6, 6.07) is 8.55. The highest BCUT2D eigenvalue weighted by Crippen LogP contribution is 2.38. The molecule has 1 aliphatic heterocycles. The SMILES string of the molecule is S=c1nc(C2Cc3ccccc32)[nH]c2c1COCC2. The summed E-state index contributed by atoms with van der Waals surface area (Å²) in [4.78, 5) is 8.08. The second-order valence-electron chi connectivity index (χ2n) is 5.14. The molecule has 3 nitrogen and oxygen atoms in total. The van der Waals surface area contributed by atoms with Crippen LogP contribution in [-0.2, 0) is 24.2 Å². The molecule has 2 aliphatic rings. The van der Waals surface area contributed by atoms with E-state index in [1.54, 1.807) is 0 Å². The quantitative estimate of drug-likeness (QED) is 0.810. The smallest absolute Gasteiger partial charge is 0.135 e. The van der Waals surface area contributed by atoms with E-state index in [2.05, 4.69) is 34.2 Å². The van der Waals surface area contributed by atoms with Gasteiger partial charge in [-0.1, -0.05) is 36.5 Å². The Morgan fingerprint density at radius 3 is 3.11 bits per heavy atom. The molecule has 0 saturated heterocycles. The molecule has 1 N–H and O–H groups in total. The second kappa shape index (κ2) is 4.25. The van der Waals surface area contributed by atoms with Crippen molar-refractivity contribution in [2.75, 3.05) is 6.61 Å². The van der Waals surface area contributed by atoms with Gasteiger partial charge in [-0.05, 0) is 17.5 Å². The first-order valence-electron chi connectivity index (χ1n) is 6.60. The van der Waals surface area contributed by atoms with E-state index in [1.165, 1.54) is 16.8 Å². The molecule has 0 spiro atoms. The molecule has 4 rings (SSSR count). The molecule has 0 radical (unpaired) electrons. The average Bonchev–Trinajstić information content (AvgIpc) is 2.40. The maximum Gasteiger partial charge on any atom is 0.135 e. The van der Waals surface area contributed by atoms with Crippen LogP contribution in [0.25, 0.3) is 0 Å². The lowest BCUT2D eigenvalue weighted by Crippen LogP contribution is -2.23. The summed E-state index contributed by atoms with van der Waals surface area (Å²) in [6.45, 7) is 1.36. The van der Waals surface area contributed by atoms with Crippen molar-refractivity contribution in [1.82, 2.24) is 9.97 Å². The first-order chi connectivity index (χ1) is 9.33. The van der Waals surface area contributed by atoms with E-state index in [1.807, 2.05) is 0 Å². The fraction of sp³-hybridized carbons (Fsp3) is 0.333. The summed E-state index contributed by atoms with van der Waals surface area (Å²) < 4.78 is 6.15. The van der Waals surface area contributed by atoms with Crippen LogP contribution in [0.1, 0.15) is 34.1 Å². The van der Waals surface area contributed by atoms with E-state index in [4.69, 9.17) is 17.0 Å². The maximum atomic E-state index is 5.45. The molecular weight excluding hydrogens is 256 g/mol. The third-order valence-corrected chi connectivity index (χ3v) is 4.39. The van der Waals surface area contributed by atoms with E-state index in [9.17, 15) is 0 Å². The van der Waals surface area contributed by atoms with Crippen LogP contribution in [0, 0.1) is 4.64 Å². The van der Waals surface area contributed by atoms with Crippen molar-refractivity contribution in [2.24, 2.45) is 0 Å². The van der Waals surface area contributed by atoms with E-state index < -0.39 is 0 Å². The van der Waals surface area contributed by atoms with Crippen molar-refractivity contribution in [3.8, 4) is 0 Å². The fourth-order valence-electron chi connectivity index (χ4n) is 2.94. The summed E-state index contributed by atoms with van der Waals surface area (Å²) in [6.07, 6.45) is 1.96. The average molecular weight is 270 g/mol. The molecule has 19 heavy (non-hydrogen) atoms. The van der Waals surface area contributed by atoms with Crippen molar-refractivity contribution >= 4 is 12.2 Å². The normalized spacial score (nSPS) is 20.3. The summed E-state index contributed by atoms with van der Waals surface area (Å²) in [7, 11) is 0. The molecule has 0 saturated carbocycles. The van der Waals surface area contributed by atoms with Crippen LogP contribution >= 0.6 is 12.2 Å². The van der Waals surface area contributed by atoms with Gasteiger partial charge in [0.05, 0.1) is 13.2 Å². The van der Waals surface area contributed by atoms with Gasteiger partial charge in [0.2, 0.25) is 0 Å². The maximum absolute atomic E-state index is 5.45. The summed E-state index contributed by atoms with van der Waals surface area (Å²) in [5, 5.41) is 0. The Bertz CT molecular complexity index is 708. The number of nitrogens with zero attached hydrogens (tertiary/aromatic N) is 1. The van der Waals surface area contributed by atoms with Crippen LogP contribution < -0.4 is 0 Å². The van der Waals surface area contributed by atoms with Crippen molar-refractivity contribution in [2.45, 2.75) is 25.4 Å². The standard InChI is InChI=1S/C15H14N2OS/c19-15-12-8-18-6-5-13(12)16-14(17-15)11-7-9-3-1-2-4-10(9)11/h1-4,11H,5-8H2,(H,16,17,19). The van der Waals surface area contributed by atoms with E-state index in [-0.39, 0.29) is 0 Å². The predicted molar refractivity (Wildman–Crippen MR) is 74.8 cm³/mol.